The Labute approximate surface area is 129 Å². The molecule has 0 unspecified atom stereocenters. The fourth-order valence-corrected chi connectivity index (χ4v) is 2.62. The standard InChI is InChI=1S/C18H18N2O2/c21-17(19-16-9-2-1-3-10-16)14-7-6-8-15(13-14)18(22)20-11-4-5-12-20/h1-3,6-10,13H,4-5,11-12H2,(H,19,21). The summed E-state index contributed by atoms with van der Waals surface area (Å²) >= 11 is 0. The molecule has 2 amide bonds. The lowest BCUT2D eigenvalue weighted by molar-refractivity contribution is 0.0793. The van der Waals surface area contributed by atoms with Crippen molar-refractivity contribution in [3.8, 4) is 0 Å². The maximum absolute atomic E-state index is 12.4. The highest BCUT2D eigenvalue weighted by molar-refractivity contribution is 6.06. The Morgan fingerprint density at radius 2 is 1.55 bits per heavy atom. The Morgan fingerprint density at radius 1 is 0.864 bits per heavy atom. The third-order valence-corrected chi connectivity index (χ3v) is 3.80. The van der Waals surface area contributed by atoms with Crippen molar-refractivity contribution in [2.24, 2.45) is 0 Å². The van der Waals surface area contributed by atoms with Crippen LogP contribution in [0, 0.1) is 0 Å². The smallest absolute Gasteiger partial charge is 0.255 e. The van der Waals surface area contributed by atoms with Crippen molar-refractivity contribution in [3.63, 3.8) is 0 Å². The number of rotatable bonds is 3. The molecular formula is C18H18N2O2. The lowest BCUT2D eigenvalue weighted by atomic mass is 10.1. The topological polar surface area (TPSA) is 49.4 Å². The second kappa shape index (κ2) is 6.43. The molecule has 1 aliphatic heterocycles. The van der Waals surface area contributed by atoms with Gasteiger partial charge in [-0.2, -0.15) is 0 Å². The van der Waals surface area contributed by atoms with Gasteiger partial charge >= 0.3 is 0 Å². The number of carbonyl (C=O) groups is 2. The summed E-state index contributed by atoms with van der Waals surface area (Å²) in [5, 5.41) is 2.83. The van der Waals surface area contributed by atoms with Crippen LogP contribution in [0.4, 0.5) is 5.69 Å². The zero-order valence-electron chi connectivity index (χ0n) is 12.3. The highest BCUT2D eigenvalue weighted by atomic mass is 16.2. The summed E-state index contributed by atoms with van der Waals surface area (Å²) in [7, 11) is 0. The Balaban J connectivity index is 1.75. The molecule has 0 aromatic heterocycles. The maximum Gasteiger partial charge on any atom is 0.255 e. The van der Waals surface area contributed by atoms with Crippen LogP contribution in [0.25, 0.3) is 0 Å². The molecule has 112 valence electrons. The van der Waals surface area contributed by atoms with E-state index in [2.05, 4.69) is 5.32 Å². The number of anilines is 1. The number of carbonyl (C=O) groups excluding carboxylic acids is 2. The summed E-state index contributed by atoms with van der Waals surface area (Å²) in [5.74, 6) is -0.200. The van der Waals surface area contributed by atoms with E-state index in [1.807, 2.05) is 35.2 Å². The van der Waals surface area contributed by atoms with E-state index in [9.17, 15) is 9.59 Å². The molecule has 2 aromatic rings. The van der Waals surface area contributed by atoms with Gasteiger partial charge in [-0.1, -0.05) is 24.3 Å². The summed E-state index contributed by atoms with van der Waals surface area (Å²) in [6.45, 7) is 1.61. The van der Waals surface area contributed by atoms with E-state index in [1.54, 1.807) is 24.3 Å². The normalized spacial score (nSPS) is 13.9. The Hall–Kier alpha value is -2.62. The minimum absolute atomic E-state index is 0.00635. The molecule has 0 spiro atoms. The first-order chi connectivity index (χ1) is 10.7. The molecular weight excluding hydrogens is 276 g/mol. The van der Waals surface area contributed by atoms with Gasteiger partial charge in [-0.25, -0.2) is 0 Å². The van der Waals surface area contributed by atoms with Crippen molar-refractivity contribution >= 4 is 17.5 Å². The van der Waals surface area contributed by atoms with E-state index in [1.165, 1.54) is 0 Å². The fourth-order valence-electron chi connectivity index (χ4n) is 2.62. The monoisotopic (exact) mass is 294 g/mol. The first-order valence-electron chi connectivity index (χ1n) is 7.50. The quantitative estimate of drug-likeness (QED) is 0.945. The van der Waals surface area contributed by atoms with Gasteiger partial charge in [0.15, 0.2) is 0 Å². The van der Waals surface area contributed by atoms with Gasteiger partial charge in [-0.15, -0.1) is 0 Å². The number of likely N-dealkylation sites (tertiary alicyclic amines) is 1. The lowest BCUT2D eigenvalue weighted by Crippen LogP contribution is -2.27. The van der Waals surface area contributed by atoms with Gasteiger partial charge < -0.3 is 10.2 Å². The first kappa shape index (κ1) is 14.3. The van der Waals surface area contributed by atoms with Crippen molar-refractivity contribution in [2.45, 2.75) is 12.8 Å². The minimum Gasteiger partial charge on any atom is -0.339 e. The van der Waals surface area contributed by atoms with E-state index in [4.69, 9.17) is 0 Å². The number of hydrogen-bond acceptors (Lipinski definition) is 2. The van der Waals surface area contributed by atoms with Crippen LogP contribution in [-0.4, -0.2) is 29.8 Å². The predicted molar refractivity (Wildman–Crippen MR) is 86.0 cm³/mol. The molecule has 1 N–H and O–H groups in total. The first-order valence-corrected chi connectivity index (χ1v) is 7.50. The highest BCUT2D eigenvalue weighted by Crippen LogP contribution is 2.15. The van der Waals surface area contributed by atoms with Gasteiger partial charge in [0, 0.05) is 29.9 Å². The van der Waals surface area contributed by atoms with Gasteiger partial charge in [0.25, 0.3) is 11.8 Å². The molecule has 0 atom stereocenters. The molecule has 0 saturated carbocycles. The Bertz CT molecular complexity index is 676. The minimum atomic E-state index is -0.206. The van der Waals surface area contributed by atoms with Gasteiger partial charge in [0.2, 0.25) is 0 Å². The zero-order chi connectivity index (χ0) is 15.4. The van der Waals surface area contributed by atoms with Crippen LogP contribution in [0.15, 0.2) is 54.6 Å². The summed E-state index contributed by atoms with van der Waals surface area (Å²) in [4.78, 5) is 26.5. The van der Waals surface area contributed by atoms with E-state index >= 15 is 0 Å². The van der Waals surface area contributed by atoms with Crippen molar-refractivity contribution in [3.05, 3.63) is 65.7 Å². The molecule has 22 heavy (non-hydrogen) atoms. The number of para-hydroxylation sites is 1. The molecule has 3 rings (SSSR count). The van der Waals surface area contributed by atoms with Gasteiger partial charge in [0.05, 0.1) is 0 Å². The van der Waals surface area contributed by atoms with Crippen molar-refractivity contribution in [1.29, 1.82) is 0 Å². The molecule has 0 bridgehead atoms. The van der Waals surface area contributed by atoms with Crippen LogP contribution in [0.1, 0.15) is 33.6 Å². The summed E-state index contributed by atoms with van der Waals surface area (Å²) in [6.07, 6.45) is 2.11. The van der Waals surface area contributed by atoms with Crippen LogP contribution in [-0.2, 0) is 0 Å². The van der Waals surface area contributed by atoms with Crippen LogP contribution >= 0.6 is 0 Å². The van der Waals surface area contributed by atoms with Gasteiger partial charge in [-0.05, 0) is 43.2 Å². The Kier molecular flexibility index (Phi) is 4.19. The second-order valence-electron chi connectivity index (χ2n) is 5.40. The molecule has 1 saturated heterocycles. The van der Waals surface area contributed by atoms with Crippen LogP contribution in [0.3, 0.4) is 0 Å². The van der Waals surface area contributed by atoms with Crippen LogP contribution < -0.4 is 5.32 Å². The van der Waals surface area contributed by atoms with Crippen molar-refractivity contribution in [1.82, 2.24) is 4.90 Å². The lowest BCUT2D eigenvalue weighted by Gasteiger charge is -2.15. The van der Waals surface area contributed by atoms with Gasteiger partial charge in [-0.3, -0.25) is 9.59 Å². The fraction of sp³-hybridized carbons (Fsp3) is 0.222. The second-order valence-corrected chi connectivity index (χ2v) is 5.40. The zero-order valence-corrected chi connectivity index (χ0v) is 12.3. The third-order valence-electron chi connectivity index (χ3n) is 3.80. The van der Waals surface area contributed by atoms with Crippen LogP contribution in [0.5, 0.6) is 0 Å². The van der Waals surface area contributed by atoms with Crippen LogP contribution in [0.2, 0.25) is 0 Å². The number of nitrogens with zero attached hydrogens (tertiary/aromatic N) is 1. The molecule has 1 fully saturated rings. The van der Waals surface area contributed by atoms with E-state index < -0.39 is 0 Å². The van der Waals surface area contributed by atoms with E-state index in [-0.39, 0.29) is 11.8 Å². The summed E-state index contributed by atoms with van der Waals surface area (Å²) in [5.41, 5.74) is 1.81. The number of nitrogens with one attached hydrogen (secondary N) is 1. The third kappa shape index (κ3) is 3.17. The van der Waals surface area contributed by atoms with E-state index in [0.29, 0.717) is 11.1 Å². The largest absolute Gasteiger partial charge is 0.339 e. The van der Waals surface area contributed by atoms with E-state index in [0.717, 1.165) is 31.6 Å². The number of hydrogen-bond donors (Lipinski definition) is 1. The summed E-state index contributed by atoms with van der Waals surface area (Å²) in [6, 6.07) is 16.2. The average Bonchev–Trinajstić information content (AvgIpc) is 3.09. The molecule has 0 radical (unpaired) electrons. The predicted octanol–water partition coefficient (Wildman–Crippen LogP) is 3.17. The SMILES string of the molecule is O=C(Nc1ccccc1)c1cccc(C(=O)N2CCCC2)c1. The molecule has 4 heteroatoms. The molecule has 2 aromatic carbocycles. The summed E-state index contributed by atoms with van der Waals surface area (Å²) < 4.78 is 0. The van der Waals surface area contributed by atoms with Crippen molar-refractivity contribution in [2.75, 3.05) is 18.4 Å². The average molecular weight is 294 g/mol. The molecule has 0 aliphatic carbocycles. The number of amides is 2. The van der Waals surface area contributed by atoms with Crippen molar-refractivity contribution < 1.29 is 9.59 Å². The Morgan fingerprint density at radius 3 is 2.27 bits per heavy atom. The number of benzene rings is 2. The maximum atomic E-state index is 12.4. The molecule has 1 aliphatic rings. The highest BCUT2D eigenvalue weighted by Gasteiger charge is 2.20. The molecule has 4 nitrogen and oxygen atoms in total. The molecule has 1 heterocycles. The van der Waals surface area contributed by atoms with Gasteiger partial charge in [0.1, 0.15) is 0 Å².